The van der Waals surface area contributed by atoms with E-state index < -0.39 is 0 Å². The fourth-order valence-electron chi connectivity index (χ4n) is 2.16. The van der Waals surface area contributed by atoms with E-state index in [1.54, 1.807) is 6.20 Å². The second-order valence-corrected chi connectivity index (χ2v) is 4.91. The Labute approximate surface area is 100 Å². The van der Waals surface area contributed by atoms with Gasteiger partial charge in [0.15, 0.2) is 5.82 Å². The molecule has 0 radical (unpaired) electrons. The SMILES string of the molecule is Cc1nnc2c(NCC(C)C3CC3)nccn12. The van der Waals surface area contributed by atoms with E-state index >= 15 is 0 Å². The van der Waals surface area contributed by atoms with Crippen molar-refractivity contribution in [2.45, 2.75) is 26.7 Å². The fraction of sp³-hybridized carbons (Fsp3) is 0.583. The Hall–Kier alpha value is -1.65. The zero-order valence-electron chi connectivity index (χ0n) is 10.2. The summed E-state index contributed by atoms with van der Waals surface area (Å²) < 4.78 is 1.96. The summed E-state index contributed by atoms with van der Waals surface area (Å²) in [5.41, 5.74) is 0.813. The Kier molecular flexibility index (Phi) is 2.46. The van der Waals surface area contributed by atoms with Gasteiger partial charge in [0.2, 0.25) is 5.65 Å². The number of hydrogen-bond donors (Lipinski definition) is 1. The van der Waals surface area contributed by atoms with E-state index in [0.717, 1.165) is 29.8 Å². The number of nitrogens with one attached hydrogen (secondary N) is 1. The van der Waals surface area contributed by atoms with Crippen LogP contribution in [-0.2, 0) is 0 Å². The topological polar surface area (TPSA) is 55.1 Å². The molecule has 1 saturated carbocycles. The number of anilines is 1. The van der Waals surface area contributed by atoms with Crippen molar-refractivity contribution < 1.29 is 0 Å². The Morgan fingerprint density at radius 3 is 3.06 bits per heavy atom. The number of aromatic nitrogens is 4. The molecule has 0 aliphatic heterocycles. The lowest BCUT2D eigenvalue weighted by molar-refractivity contribution is 0.536. The molecule has 3 rings (SSSR count). The standard InChI is InChI=1S/C12H17N5/c1-8(10-3-4-10)7-14-11-12-16-15-9(2)17(12)6-5-13-11/h5-6,8,10H,3-4,7H2,1-2H3,(H,13,14). The number of aryl methyl sites for hydroxylation is 1. The van der Waals surface area contributed by atoms with Crippen molar-refractivity contribution in [2.75, 3.05) is 11.9 Å². The molecule has 1 N–H and O–H groups in total. The Morgan fingerprint density at radius 2 is 2.29 bits per heavy atom. The Balaban J connectivity index is 1.79. The summed E-state index contributed by atoms with van der Waals surface area (Å²) in [7, 11) is 0. The highest BCUT2D eigenvalue weighted by atomic mass is 15.3. The van der Waals surface area contributed by atoms with Gasteiger partial charge < -0.3 is 5.32 Å². The van der Waals surface area contributed by atoms with Gasteiger partial charge in [-0.15, -0.1) is 10.2 Å². The van der Waals surface area contributed by atoms with Crippen LogP contribution in [0.25, 0.3) is 5.65 Å². The number of nitrogens with zero attached hydrogens (tertiary/aromatic N) is 4. The molecule has 1 fully saturated rings. The number of hydrogen-bond acceptors (Lipinski definition) is 4. The van der Waals surface area contributed by atoms with Crippen LogP contribution in [0.5, 0.6) is 0 Å². The van der Waals surface area contributed by atoms with Crippen molar-refractivity contribution in [3.63, 3.8) is 0 Å². The van der Waals surface area contributed by atoms with Crippen LogP contribution >= 0.6 is 0 Å². The Bertz CT molecular complexity index is 529. The molecule has 0 bridgehead atoms. The molecule has 1 unspecified atom stereocenters. The molecule has 1 atom stereocenters. The van der Waals surface area contributed by atoms with Gasteiger partial charge in [-0.2, -0.15) is 0 Å². The third-order valence-corrected chi connectivity index (χ3v) is 3.52. The summed E-state index contributed by atoms with van der Waals surface area (Å²) in [4.78, 5) is 4.34. The average Bonchev–Trinajstić information content (AvgIpc) is 3.12. The minimum atomic E-state index is 0.709. The number of rotatable bonds is 4. The zero-order valence-corrected chi connectivity index (χ0v) is 10.2. The molecule has 5 nitrogen and oxygen atoms in total. The van der Waals surface area contributed by atoms with Crippen LogP contribution in [0.1, 0.15) is 25.6 Å². The summed E-state index contributed by atoms with van der Waals surface area (Å²) in [6.07, 6.45) is 6.43. The van der Waals surface area contributed by atoms with Crippen molar-refractivity contribution in [3.05, 3.63) is 18.2 Å². The van der Waals surface area contributed by atoms with Gasteiger partial charge in [0.05, 0.1) is 0 Å². The first-order chi connectivity index (χ1) is 8.25. The molecular formula is C12H17N5. The predicted molar refractivity (Wildman–Crippen MR) is 65.9 cm³/mol. The Morgan fingerprint density at radius 1 is 1.47 bits per heavy atom. The van der Waals surface area contributed by atoms with Crippen LogP contribution < -0.4 is 5.32 Å². The molecule has 1 aliphatic carbocycles. The second kappa shape index (κ2) is 3.98. The fourth-order valence-corrected chi connectivity index (χ4v) is 2.16. The molecule has 0 aromatic carbocycles. The van der Waals surface area contributed by atoms with E-state index in [2.05, 4.69) is 27.4 Å². The van der Waals surface area contributed by atoms with Crippen molar-refractivity contribution in [1.29, 1.82) is 0 Å². The van der Waals surface area contributed by atoms with Crippen LogP contribution in [0.3, 0.4) is 0 Å². The van der Waals surface area contributed by atoms with E-state index in [-0.39, 0.29) is 0 Å². The molecule has 0 amide bonds. The smallest absolute Gasteiger partial charge is 0.203 e. The maximum absolute atomic E-state index is 4.34. The second-order valence-electron chi connectivity index (χ2n) is 4.91. The monoisotopic (exact) mass is 231 g/mol. The van der Waals surface area contributed by atoms with Crippen LogP contribution in [0.4, 0.5) is 5.82 Å². The third-order valence-electron chi connectivity index (χ3n) is 3.52. The summed E-state index contributed by atoms with van der Waals surface area (Å²) in [6, 6.07) is 0. The maximum Gasteiger partial charge on any atom is 0.203 e. The van der Waals surface area contributed by atoms with E-state index in [4.69, 9.17) is 0 Å². The molecule has 2 aromatic heterocycles. The molecule has 0 saturated heterocycles. The average molecular weight is 231 g/mol. The molecule has 5 heteroatoms. The van der Waals surface area contributed by atoms with Crippen LogP contribution in [0.15, 0.2) is 12.4 Å². The van der Waals surface area contributed by atoms with Gasteiger partial charge in [0, 0.05) is 18.9 Å². The molecule has 2 heterocycles. The molecule has 17 heavy (non-hydrogen) atoms. The first-order valence-electron chi connectivity index (χ1n) is 6.16. The lowest BCUT2D eigenvalue weighted by Gasteiger charge is -2.11. The summed E-state index contributed by atoms with van der Waals surface area (Å²) in [6.45, 7) is 5.19. The molecule has 2 aromatic rings. The molecule has 0 spiro atoms. The molecule has 1 aliphatic rings. The minimum absolute atomic E-state index is 0.709. The highest BCUT2D eigenvalue weighted by Crippen LogP contribution is 2.36. The highest BCUT2D eigenvalue weighted by Gasteiger charge is 2.27. The third kappa shape index (κ3) is 1.97. The van der Waals surface area contributed by atoms with Gasteiger partial charge in [-0.1, -0.05) is 6.92 Å². The summed E-state index contributed by atoms with van der Waals surface area (Å²) in [5.74, 6) is 3.34. The molecule has 90 valence electrons. The van der Waals surface area contributed by atoms with Crippen LogP contribution in [-0.4, -0.2) is 26.1 Å². The van der Waals surface area contributed by atoms with Crippen molar-refractivity contribution in [3.8, 4) is 0 Å². The predicted octanol–water partition coefficient (Wildman–Crippen LogP) is 1.89. The van der Waals surface area contributed by atoms with E-state index in [1.807, 2.05) is 17.5 Å². The minimum Gasteiger partial charge on any atom is -0.367 e. The largest absolute Gasteiger partial charge is 0.367 e. The van der Waals surface area contributed by atoms with Crippen molar-refractivity contribution >= 4 is 11.5 Å². The normalized spacial score (nSPS) is 17.3. The lowest BCUT2D eigenvalue weighted by atomic mass is 10.1. The van der Waals surface area contributed by atoms with Gasteiger partial charge in [-0.25, -0.2) is 4.98 Å². The van der Waals surface area contributed by atoms with Gasteiger partial charge in [0.1, 0.15) is 5.82 Å². The molecular weight excluding hydrogens is 214 g/mol. The summed E-state index contributed by atoms with van der Waals surface area (Å²) >= 11 is 0. The first kappa shape index (κ1) is 10.5. The van der Waals surface area contributed by atoms with Gasteiger partial charge >= 0.3 is 0 Å². The van der Waals surface area contributed by atoms with E-state index in [0.29, 0.717) is 5.92 Å². The van der Waals surface area contributed by atoms with E-state index in [1.165, 1.54) is 12.8 Å². The van der Waals surface area contributed by atoms with Crippen LogP contribution in [0, 0.1) is 18.8 Å². The first-order valence-corrected chi connectivity index (χ1v) is 6.16. The van der Waals surface area contributed by atoms with Crippen molar-refractivity contribution in [1.82, 2.24) is 19.6 Å². The van der Waals surface area contributed by atoms with E-state index in [9.17, 15) is 0 Å². The maximum atomic E-state index is 4.34. The summed E-state index contributed by atoms with van der Waals surface area (Å²) in [5, 5.41) is 11.6. The van der Waals surface area contributed by atoms with Gasteiger partial charge in [0.25, 0.3) is 0 Å². The van der Waals surface area contributed by atoms with Gasteiger partial charge in [-0.3, -0.25) is 4.40 Å². The lowest BCUT2D eigenvalue weighted by Crippen LogP contribution is -2.14. The number of fused-ring (bicyclic) bond motifs is 1. The highest BCUT2D eigenvalue weighted by molar-refractivity contribution is 5.61. The quantitative estimate of drug-likeness (QED) is 0.873. The van der Waals surface area contributed by atoms with Gasteiger partial charge in [-0.05, 0) is 31.6 Å². The van der Waals surface area contributed by atoms with Crippen LogP contribution in [0.2, 0.25) is 0 Å². The zero-order chi connectivity index (χ0) is 11.8. The van der Waals surface area contributed by atoms with Crippen molar-refractivity contribution in [2.24, 2.45) is 11.8 Å².